The minimum absolute atomic E-state index is 0.359. The molecule has 0 spiro atoms. The van der Waals surface area contributed by atoms with Crippen molar-refractivity contribution in [2.45, 2.75) is 45.3 Å². The number of hydrogen-bond acceptors (Lipinski definition) is 2. The normalized spacial score (nSPS) is 22.9. The Hall–Kier alpha value is -1.54. The first kappa shape index (κ1) is 13.4. The van der Waals surface area contributed by atoms with Crippen molar-refractivity contribution in [2.24, 2.45) is 11.7 Å². The molecule has 2 N–H and O–H groups in total. The second kappa shape index (κ2) is 5.84. The summed E-state index contributed by atoms with van der Waals surface area (Å²) in [6.07, 6.45) is 5.24. The number of nitrogens with two attached hydrogens (primary N) is 1. The molecule has 106 valence electrons. The van der Waals surface area contributed by atoms with Crippen LogP contribution in [0, 0.1) is 5.92 Å². The summed E-state index contributed by atoms with van der Waals surface area (Å²) in [7, 11) is 0. The van der Waals surface area contributed by atoms with Crippen LogP contribution in [-0.2, 0) is 6.54 Å². The van der Waals surface area contributed by atoms with Crippen molar-refractivity contribution >= 4 is 10.8 Å². The van der Waals surface area contributed by atoms with E-state index < -0.39 is 0 Å². The zero-order chi connectivity index (χ0) is 13.9. The molecule has 0 aromatic heterocycles. The molecule has 0 bridgehead atoms. The Bertz CT molecular complexity index is 585. The second-order valence-electron chi connectivity index (χ2n) is 5.97. The van der Waals surface area contributed by atoms with Crippen molar-refractivity contribution in [1.29, 1.82) is 0 Å². The molecule has 0 radical (unpaired) electrons. The lowest BCUT2D eigenvalue weighted by Crippen LogP contribution is -2.23. The van der Waals surface area contributed by atoms with Crippen LogP contribution in [0.3, 0.4) is 0 Å². The molecule has 20 heavy (non-hydrogen) atoms. The lowest BCUT2D eigenvalue weighted by molar-refractivity contribution is 0.134. The fourth-order valence-electron chi connectivity index (χ4n) is 3.16. The summed E-state index contributed by atoms with van der Waals surface area (Å²) in [4.78, 5) is 0. The summed E-state index contributed by atoms with van der Waals surface area (Å²) in [5.74, 6) is 1.83. The smallest absolute Gasteiger partial charge is 0.124 e. The molecule has 3 rings (SSSR count). The van der Waals surface area contributed by atoms with Crippen molar-refractivity contribution in [2.75, 3.05) is 0 Å². The van der Waals surface area contributed by atoms with E-state index in [2.05, 4.69) is 43.3 Å². The van der Waals surface area contributed by atoms with Gasteiger partial charge in [-0.3, -0.25) is 0 Å². The summed E-state index contributed by atoms with van der Waals surface area (Å²) < 4.78 is 6.25. The molecule has 0 heterocycles. The van der Waals surface area contributed by atoms with Crippen molar-refractivity contribution in [3.05, 3.63) is 42.0 Å². The van der Waals surface area contributed by atoms with E-state index in [-0.39, 0.29) is 0 Å². The highest BCUT2D eigenvalue weighted by Crippen LogP contribution is 2.32. The average molecular weight is 269 g/mol. The molecule has 0 unspecified atom stereocenters. The number of hydrogen-bond donors (Lipinski definition) is 1. The maximum atomic E-state index is 6.25. The number of benzene rings is 2. The first-order chi connectivity index (χ1) is 9.78. The highest BCUT2D eigenvalue weighted by Gasteiger charge is 2.20. The molecule has 2 heteroatoms. The van der Waals surface area contributed by atoms with Crippen LogP contribution in [0.15, 0.2) is 36.4 Å². The average Bonchev–Trinajstić information content (AvgIpc) is 2.49. The first-order valence-corrected chi connectivity index (χ1v) is 7.65. The fourth-order valence-corrected chi connectivity index (χ4v) is 3.16. The minimum Gasteiger partial charge on any atom is -0.490 e. The SMILES string of the molecule is CC1CCC(Oc2ccc3ccccc3c2CN)CC1. The minimum atomic E-state index is 0.359. The van der Waals surface area contributed by atoms with E-state index in [1.807, 2.05) is 0 Å². The molecule has 1 fully saturated rings. The molecule has 0 aliphatic heterocycles. The predicted molar refractivity (Wildman–Crippen MR) is 83.9 cm³/mol. The molecular formula is C18H23NO. The van der Waals surface area contributed by atoms with Gasteiger partial charge in [0.2, 0.25) is 0 Å². The van der Waals surface area contributed by atoms with Crippen LogP contribution in [0.4, 0.5) is 0 Å². The van der Waals surface area contributed by atoms with Crippen LogP contribution in [0.25, 0.3) is 10.8 Å². The molecular weight excluding hydrogens is 246 g/mol. The largest absolute Gasteiger partial charge is 0.490 e. The Labute approximate surface area is 120 Å². The van der Waals surface area contributed by atoms with Crippen LogP contribution in [0.5, 0.6) is 5.75 Å². The highest BCUT2D eigenvalue weighted by atomic mass is 16.5. The summed E-state index contributed by atoms with van der Waals surface area (Å²) in [5.41, 5.74) is 7.10. The van der Waals surface area contributed by atoms with E-state index in [0.29, 0.717) is 12.6 Å². The quantitative estimate of drug-likeness (QED) is 0.903. The number of ether oxygens (including phenoxy) is 1. The molecule has 2 aromatic rings. The van der Waals surface area contributed by atoms with Gasteiger partial charge in [0.15, 0.2) is 0 Å². The zero-order valence-corrected chi connectivity index (χ0v) is 12.1. The molecule has 2 aromatic carbocycles. The topological polar surface area (TPSA) is 35.2 Å². The second-order valence-corrected chi connectivity index (χ2v) is 5.97. The fraction of sp³-hybridized carbons (Fsp3) is 0.444. The van der Waals surface area contributed by atoms with Gasteiger partial charge in [0.1, 0.15) is 5.75 Å². The Morgan fingerprint density at radius 3 is 2.55 bits per heavy atom. The van der Waals surface area contributed by atoms with E-state index in [0.717, 1.165) is 30.1 Å². The summed E-state index contributed by atoms with van der Waals surface area (Å²) in [6, 6.07) is 12.6. The van der Waals surface area contributed by atoms with Crippen LogP contribution < -0.4 is 10.5 Å². The van der Waals surface area contributed by atoms with Gasteiger partial charge >= 0.3 is 0 Å². The molecule has 1 saturated carbocycles. The van der Waals surface area contributed by atoms with E-state index in [9.17, 15) is 0 Å². The lowest BCUT2D eigenvalue weighted by atomic mass is 9.89. The van der Waals surface area contributed by atoms with Gasteiger partial charge in [-0.15, -0.1) is 0 Å². The van der Waals surface area contributed by atoms with Gasteiger partial charge in [-0.1, -0.05) is 37.3 Å². The zero-order valence-electron chi connectivity index (χ0n) is 12.1. The van der Waals surface area contributed by atoms with Gasteiger partial charge in [0.05, 0.1) is 6.10 Å². The van der Waals surface area contributed by atoms with Gasteiger partial charge in [0, 0.05) is 12.1 Å². The Morgan fingerprint density at radius 1 is 1.05 bits per heavy atom. The number of rotatable bonds is 3. The van der Waals surface area contributed by atoms with Crippen molar-refractivity contribution < 1.29 is 4.74 Å². The van der Waals surface area contributed by atoms with E-state index in [1.54, 1.807) is 0 Å². The van der Waals surface area contributed by atoms with Gasteiger partial charge in [0.25, 0.3) is 0 Å². The van der Waals surface area contributed by atoms with Crippen LogP contribution >= 0.6 is 0 Å². The Balaban J connectivity index is 1.87. The maximum Gasteiger partial charge on any atom is 0.124 e. The Kier molecular flexibility index (Phi) is 3.93. The van der Waals surface area contributed by atoms with Gasteiger partial charge in [-0.05, 0) is 48.4 Å². The summed E-state index contributed by atoms with van der Waals surface area (Å²) in [6.45, 7) is 2.86. The predicted octanol–water partition coefficient (Wildman–Crippen LogP) is 4.26. The standard InChI is InChI=1S/C18H23NO/c1-13-6-9-15(10-7-13)20-18-11-8-14-4-2-3-5-16(14)17(18)12-19/h2-5,8,11,13,15H,6-7,9-10,12,19H2,1H3. The number of fused-ring (bicyclic) bond motifs is 1. The third-order valence-electron chi connectivity index (χ3n) is 4.46. The lowest BCUT2D eigenvalue weighted by Gasteiger charge is -2.28. The van der Waals surface area contributed by atoms with E-state index in [4.69, 9.17) is 10.5 Å². The summed E-state index contributed by atoms with van der Waals surface area (Å²) in [5, 5.41) is 2.45. The molecule has 0 saturated heterocycles. The molecule has 0 amide bonds. The summed E-state index contributed by atoms with van der Waals surface area (Å²) >= 11 is 0. The Morgan fingerprint density at radius 2 is 1.80 bits per heavy atom. The van der Waals surface area contributed by atoms with E-state index in [1.165, 1.54) is 23.6 Å². The third-order valence-corrected chi connectivity index (χ3v) is 4.46. The van der Waals surface area contributed by atoms with Gasteiger partial charge < -0.3 is 10.5 Å². The van der Waals surface area contributed by atoms with Gasteiger partial charge in [-0.25, -0.2) is 0 Å². The molecule has 1 aliphatic rings. The third kappa shape index (κ3) is 2.66. The maximum absolute atomic E-state index is 6.25. The van der Waals surface area contributed by atoms with Crippen molar-refractivity contribution in [3.63, 3.8) is 0 Å². The molecule has 0 atom stereocenters. The van der Waals surface area contributed by atoms with E-state index >= 15 is 0 Å². The first-order valence-electron chi connectivity index (χ1n) is 7.65. The van der Waals surface area contributed by atoms with Gasteiger partial charge in [-0.2, -0.15) is 0 Å². The van der Waals surface area contributed by atoms with Crippen molar-refractivity contribution in [1.82, 2.24) is 0 Å². The highest BCUT2D eigenvalue weighted by molar-refractivity contribution is 5.87. The monoisotopic (exact) mass is 269 g/mol. The van der Waals surface area contributed by atoms with Crippen LogP contribution in [0.2, 0.25) is 0 Å². The molecule has 2 nitrogen and oxygen atoms in total. The van der Waals surface area contributed by atoms with Crippen molar-refractivity contribution in [3.8, 4) is 5.75 Å². The van der Waals surface area contributed by atoms with Crippen LogP contribution in [0.1, 0.15) is 38.2 Å². The van der Waals surface area contributed by atoms with Crippen LogP contribution in [-0.4, -0.2) is 6.10 Å². The molecule has 1 aliphatic carbocycles.